The van der Waals surface area contributed by atoms with E-state index in [9.17, 15) is 20.1 Å². The molecule has 0 saturated heterocycles. The van der Waals surface area contributed by atoms with E-state index in [1.807, 2.05) is 6.08 Å². The molecule has 0 heterocycles. The van der Waals surface area contributed by atoms with E-state index >= 15 is 0 Å². The number of rotatable bonds is 14. The first-order chi connectivity index (χ1) is 13.0. The van der Waals surface area contributed by atoms with E-state index in [0.29, 0.717) is 19.3 Å². The number of aliphatic carboxylic acids is 1. The molecule has 0 unspecified atom stereocenters. The highest BCUT2D eigenvalue weighted by molar-refractivity contribution is 5.66. The molecule has 0 aromatic heterocycles. The largest absolute Gasteiger partial charge is 0.481 e. The Balaban J connectivity index is 2.37. The first-order valence-corrected chi connectivity index (χ1v) is 10.5. The van der Waals surface area contributed by atoms with Crippen LogP contribution in [0, 0.1) is 11.8 Å². The minimum atomic E-state index is -0.742. The number of aliphatic hydroxyl groups excluding tert-OH is 3. The summed E-state index contributed by atoms with van der Waals surface area (Å²) in [7, 11) is 0. The zero-order valence-electron chi connectivity index (χ0n) is 16.7. The number of hydrogen-bond acceptors (Lipinski definition) is 4. The molecule has 27 heavy (non-hydrogen) atoms. The van der Waals surface area contributed by atoms with Crippen molar-refractivity contribution in [1.82, 2.24) is 0 Å². The molecule has 0 aromatic rings. The SMILES string of the molecule is CCCCC[C@H](O)/C=C/[C@H]1[C@@H](C/C=C\CCCCCC(=O)O)[C@@H](O)C[C@H]1O. The Kier molecular flexibility index (Phi) is 12.3. The second kappa shape index (κ2) is 13.9. The first-order valence-electron chi connectivity index (χ1n) is 10.5. The van der Waals surface area contributed by atoms with E-state index in [4.69, 9.17) is 5.11 Å². The Hall–Kier alpha value is -1.17. The molecule has 5 atom stereocenters. The molecule has 5 heteroatoms. The smallest absolute Gasteiger partial charge is 0.303 e. The van der Waals surface area contributed by atoms with E-state index in [1.165, 1.54) is 0 Å². The van der Waals surface area contributed by atoms with Crippen molar-refractivity contribution in [2.75, 3.05) is 0 Å². The second-order valence-electron chi connectivity index (χ2n) is 7.76. The average molecular weight is 383 g/mol. The third-order valence-corrected chi connectivity index (χ3v) is 5.41. The summed E-state index contributed by atoms with van der Waals surface area (Å²) in [6.07, 6.45) is 15.0. The molecule has 1 aliphatic rings. The third-order valence-electron chi connectivity index (χ3n) is 5.41. The van der Waals surface area contributed by atoms with Gasteiger partial charge in [0.2, 0.25) is 0 Å². The molecule has 1 aliphatic carbocycles. The van der Waals surface area contributed by atoms with Crippen LogP contribution in [0.15, 0.2) is 24.3 Å². The lowest BCUT2D eigenvalue weighted by Crippen LogP contribution is -2.20. The van der Waals surface area contributed by atoms with Crippen molar-refractivity contribution >= 4 is 5.97 Å². The van der Waals surface area contributed by atoms with Gasteiger partial charge >= 0.3 is 5.97 Å². The van der Waals surface area contributed by atoms with E-state index in [1.54, 1.807) is 6.08 Å². The highest BCUT2D eigenvalue weighted by Crippen LogP contribution is 2.36. The van der Waals surface area contributed by atoms with Crippen LogP contribution in [0.4, 0.5) is 0 Å². The fourth-order valence-corrected chi connectivity index (χ4v) is 3.75. The molecular formula is C22H38O5. The summed E-state index contributed by atoms with van der Waals surface area (Å²) in [5, 5.41) is 39.1. The summed E-state index contributed by atoms with van der Waals surface area (Å²) in [6.45, 7) is 2.13. The van der Waals surface area contributed by atoms with Gasteiger partial charge in [0.15, 0.2) is 0 Å². The molecule has 5 nitrogen and oxygen atoms in total. The zero-order chi connectivity index (χ0) is 20.1. The van der Waals surface area contributed by atoms with Crippen LogP contribution in [-0.4, -0.2) is 44.7 Å². The van der Waals surface area contributed by atoms with Crippen LogP contribution < -0.4 is 0 Å². The van der Waals surface area contributed by atoms with Gasteiger partial charge in [0.1, 0.15) is 0 Å². The van der Waals surface area contributed by atoms with Crippen LogP contribution in [0.25, 0.3) is 0 Å². The molecule has 0 radical (unpaired) electrons. The molecule has 1 rings (SSSR count). The highest BCUT2D eigenvalue weighted by atomic mass is 16.4. The van der Waals surface area contributed by atoms with Crippen LogP contribution in [-0.2, 0) is 4.79 Å². The fourth-order valence-electron chi connectivity index (χ4n) is 3.75. The van der Waals surface area contributed by atoms with Crippen molar-refractivity contribution in [3.05, 3.63) is 24.3 Å². The summed E-state index contributed by atoms with van der Waals surface area (Å²) < 4.78 is 0. The van der Waals surface area contributed by atoms with E-state index in [2.05, 4.69) is 19.1 Å². The lowest BCUT2D eigenvalue weighted by atomic mass is 9.89. The number of carboxylic acids is 1. The molecular weight excluding hydrogens is 344 g/mol. The second-order valence-corrected chi connectivity index (χ2v) is 7.76. The number of unbranched alkanes of at least 4 members (excludes halogenated alkanes) is 5. The van der Waals surface area contributed by atoms with Gasteiger partial charge in [0.05, 0.1) is 18.3 Å². The lowest BCUT2D eigenvalue weighted by molar-refractivity contribution is -0.137. The number of carboxylic acid groups (broad SMARTS) is 1. The van der Waals surface area contributed by atoms with E-state index in [0.717, 1.165) is 44.9 Å². The predicted molar refractivity (Wildman–Crippen MR) is 107 cm³/mol. The number of hydrogen-bond donors (Lipinski definition) is 4. The van der Waals surface area contributed by atoms with Crippen LogP contribution in [0.1, 0.15) is 77.6 Å². The van der Waals surface area contributed by atoms with Gasteiger partial charge in [-0.2, -0.15) is 0 Å². The minimum absolute atomic E-state index is 0.0256. The fraction of sp³-hybridized carbons (Fsp3) is 0.773. The Morgan fingerprint density at radius 1 is 1.07 bits per heavy atom. The average Bonchev–Trinajstić information content (AvgIpc) is 2.88. The van der Waals surface area contributed by atoms with Crippen LogP contribution in [0.2, 0.25) is 0 Å². The van der Waals surface area contributed by atoms with Gasteiger partial charge < -0.3 is 20.4 Å². The molecule has 0 spiro atoms. The van der Waals surface area contributed by atoms with Gasteiger partial charge in [-0.05, 0) is 38.0 Å². The maximum absolute atomic E-state index is 10.5. The Morgan fingerprint density at radius 3 is 2.56 bits per heavy atom. The van der Waals surface area contributed by atoms with Crippen molar-refractivity contribution in [2.45, 2.75) is 95.9 Å². The van der Waals surface area contributed by atoms with E-state index in [-0.39, 0.29) is 18.3 Å². The van der Waals surface area contributed by atoms with Gasteiger partial charge in [-0.1, -0.05) is 56.9 Å². The topological polar surface area (TPSA) is 98.0 Å². The van der Waals surface area contributed by atoms with Gasteiger partial charge in [0, 0.05) is 18.8 Å². The van der Waals surface area contributed by atoms with Gasteiger partial charge in [-0.25, -0.2) is 0 Å². The molecule has 0 aromatic carbocycles. The molecule has 1 saturated carbocycles. The predicted octanol–water partition coefficient (Wildman–Crippen LogP) is 3.82. The lowest BCUT2D eigenvalue weighted by Gasteiger charge is -2.19. The monoisotopic (exact) mass is 382 g/mol. The van der Waals surface area contributed by atoms with Crippen LogP contribution >= 0.6 is 0 Å². The van der Waals surface area contributed by atoms with Crippen molar-refractivity contribution in [3.8, 4) is 0 Å². The Morgan fingerprint density at radius 2 is 1.85 bits per heavy atom. The summed E-state index contributed by atoms with van der Waals surface area (Å²) in [6, 6.07) is 0. The van der Waals surface area contributed by atoms with Crippen LogP contribution in [0.3, 0.4) is 0 Å². The van der Waals surface area contributed by atoms with Gasteiger partial charge in [0.25, 0.3) is 0 Å². The molecule has 0 amide bonds. The zero-order valence-corrected chi connectivity index (χ0v) is 16.7. The number of allylic oxidation sites excluding steroid dienone is 2. The van der Waals surface area contributed by atoms with Crippen molar-refractivity contribution in [3.63, 3.8) is 0 Å². The van der Waals surface area contributed by atoms with Crippen molar-refractivity contribution < 1.29 is 25.2 Å². The molecule has 4 N–H and O–H groups in total. The highest BCUT2D eigenvalue weighted by Gasteiger charge is 2.39. The third kappa shape index (κ3) is 10.1. The van der Waals surface area contributed by atoms with E-state index < -0.39 is 24.3 Å². The summed E-state index contributed by atoms with van der Waals surface area (Å²) in [5.74, 6) is -0.891. The summed E-state index contributed by atoms with van der Waals surface area (Å²) >= 11 is 0. The standard InChI is InChI=1S/C22H38O5/c1-2-3-8-11-17(23)14-15-19-18(20(24)16-21(19)25)12-9-6-4-5-7-10-13-22(26)27/h6,9,14-15,17-21,23-25H,2-5,7-8,10-13,16H2,1H3,(H,26,27)/b9-6-,15-14+/t17-,18+,19-,20-,21+/m0/s1. The number of aliphatic hydroxyl groups is 3. The quantitative estimate of drug-likeness (QED) is 0.270. The number of carbonyl (C=O) groups is 1. The molecule has 156 valence electrons. The van der Waals surface area contributed by atoms with Crippen LogP contribution in [0.5, 0.6) is 0 Å². The first kappa shape index (κ1) is 23.9. The Bertz CT molecular complexity index is 460. The molecule has 0 bridgehead atoms. The van der Waals surface area contributed by atoms with Crippen molar-refractivity contribution in [1.29, 1.82) is 0 Å². The van der Waals surface area contributed by atoms with Crippen molar-refractivity contribution in [2.24, 2.45) is 11.8 Å². The molecule has 0 aliphatic heterocycles. The summed E-state index contributed by atoms with van der Waals surface area (Å²) in [4.78, 5) is 10.5. The normalized spacial score (nSPS) is 27.0. The minimum Gasteiger partial charge on any atom is -0.481 e. The van der Waals surface area contributed by atoms with Gasteiger partial charge in [-0.3, -0.25) is 4.79 Å². The Labute approximate surface area is 163 Å². The summed E-state index contributed by atoms with van der Waals surface area (Å²) in [5.41, 5.74) is 0. The maximum atomic E-state index is 10.5. The molecule has 1 fully saturated rings. The van der Waals surface area contributed by atoms with Gasteiger partial charge in [-0.15, -0.1) is 0 Å². The maximum Gasteiger partial charge on any atom is 0.303 e.